The normalized spacial score (nSPS) is 20.0. The van der Waals surface area contributed by atoms with Gasteiger partial charge < -0.3 is 15.0 Å². The van der Waals surface area contributed by atoms with Crippen LogP contribution in [0.5, 0.6) is 5.75 Å². The molecular formula is C19H22N2O2. The Bertz CT molecular complexity index is 712. The van der Waals surface area contributed by atoms with Crippen LogP contribution in [0.1, 0.15) is 36.2 Å². The van der Waals surface area contributed by atoms with Crippen LogP contribution < -0.4 is 10.1 Å². The molecule has 0 saturated heterocycles. The highest BCUT2D eigenvalue weighted by Crippen LogP contribution is 2.38. The molecule has 2 aromatic carbocycles. The molecule has 1 atom stereocenters. The van der Waals surface area contributed by atoms with Crippen LogP contribution in [0.2, 0.25) is 0 Å². The summed E-state index contributed by atoms with van der Waals surface area (Å²) in [5.74, 6) is 0.876. The van der Waals surface area contributed by atoms with Gasteiger partial charge in [0.15, 0.2) is 0 Å². The molecule has 0 radical (unpaired) electrons. The Morgan fingerprint density at radius 2 is 1.83 bits per heavy atom. The SMILES string of the molecule is CCCN1C(=O)c2ccccc2NC1(C)c1ccc(OC)cc1. The minimum Gasteiger partial charge on any atom is -0.497 e. The number of methoxy groups -OCH3 is 1. The van der Waals surface area contributed by atoms with Crippen molar-refractivity contribution in [2.24, 2.45) is 0 Å². The summed E-state index contributed by atoms with van der Waals surface area (Å²) in [6.07, 6.45) is 0.904. The summed E-state index contributed by atoms with van der Waals surface area (Å²) in [5, 5.41) is 3.56. The van der Waals surface area contributed by atoms with E-state index in [0.29, 0.717) is 6.54 Å². The summed E-state index contributed by atoms with van der Waals surface area (Å²) >= 11 is 0. The number of anilines is 1. The molecule has 1 unspecified atom stereocenters. The van der Waals surface area contributed by atoms with Crippen LogP contribution in [0.4, 0.5) is 5.69 Å². The Kier molecular flexibility index (Phi) is 3.99. The molecule has 120 valence electrons. The third kappa shape index (κ3) is 2.54. The van der Waals surface area contributed by atoms with Gasteiger partial charge in [-0.1, -0.05) is 31.2 Å². The second kappa shape index (κ2) is 5.95. The lowest BCUT2D eigenvalue weighted by Gasteiger charge is -2.46. The molecule has 1 heterocycles. The largest absolute Gasteiger partial charge is 0.497 e. The van der Waals surface area contributed by atoms with Gasteiger partial charge in [0.25, 0.3) is 5.91 Å². The van der Waals surface area contributed by atoms with E-state index in [0.717, 1.165) is 29.0 Å². The third-order valence-corrected chi connectivity index (χ3v) is 4.42. The Morgan fingerprint density at radius 1 is 1.13 bits per heavy atom. The zero-order valence-corrected chi connectivity index (χ0v) is 13.8. The van der Waals surface area contributed by atoms with Gasteiger partial charge in [-0.15, -0.1) is 0 Å². The Labute approximate surface area is 137 Å². The maximum Gasteiger partial charge on any atom is 0.258 e. The van der Waals surface area contributed by atoms with Crippen LogP contribution in [0.3, 0.4) is 0 Å². The van der Waals surface area contributed by atoms with Gasteiger partial charge >= 0.3 is 0 Å². The summed E-state index contributed by atoms with van der Waals surface area (Å²) in [6, 6.07) is 15.6. The molecule has 0 saturated carbocycles. The molecule has 0 aromatic heterocycles. The van der Waals surface area contributed by atoms with Crippen molar-refractivity contribution in [1.29, 1.82) is 0 Å². The molecular weight excluding hydrogens is 288 g/mol. The molecule has 1 amide bonds. The van der Waals surface area contributed by atoms with Crippen LogP contribution in [-0.2, 0) is 5.66 Å². The maximum atomic E-state index is 13.0. The third-order valence-electron chi connectivity index (χ3n) is 4.42. The lowest BCUT2D eigenvalue weighted by atomic mass is 9.93. The van der Waals surface area contributed by atoms with Crippen molar-refractivity contribution in [1.82, 2.24) is 4.90 Å². The van der Waals surface area contributed by atoms with Gasteiger partial charge in [0.05, 0.1) is 12.7 Å². The molecule has 1 aliphatic rings. The maximum absolute atomic E-state index is 13.0. The summed E-state index contributed by atoms with van der Waals surface area (Å²) in [4.78, 5) is 14.9. The monoisotopic (exact) mass is 310 g/mol. The number of benzene rings is 2. The zero-order chi connectivity index (χ0) is 16.4. The molecule has 1 N–H and O–H groups in total. The van der Waals surface area contributed by atoms with E-state index in [9.17, 15) is 4.79 Å². The van der Waals surface area contributed by atoms with Gasteiger partial charge in [-0.2, -0.15) is 0 Å². The number of hydrogen-bond acceptors (Lipinski definition) is 3. The van der Waals surface area contributed by atoms with Crippen LogP contribution in [0.25, 0.3) is 0 Å². The van der Waals surface area contributed by atoms with E-state index in [1.165, 1.54) is 0 Å². The van der Waals surface area contributed by atoms with E-state index in [-0.39, 0.29) is 5.91 Å². The molecule has 3 rings (SSSR count). The number of fused-ring (bicyclic) bond motifs is 1. The number of para-hydroxylation sites is 1. The molecule has 2 aromatic rings. The highest BCUT2D eigenvalue weighted by atomic mass is 16.5. The number of rotatable bonds is 4. The average Bonchev–Trinajstić information content (AvgIpc) is 2.59. The topological polar surface area (TPSA) is 41.6 Å². The van der Waals surface area contributed by atoms with Crippen molar-refractivity contribution in [2.45, 2.75) is 25.9 Å². The van der Waals surface area contributed by atoms with E-state index < -0.39 is 5.66 Å². The summed E-state index contributed by atoms with van der Waals surface area (Å²) in [7, 11) is 1.65. The highest BCUT2D eigenvalue weighted by Gasteiger charge is 2.41. The van der Waals surface area contributed by atoms with Gasteiger partial charge in [-0.05, 0) is 43.2 Å². The van der Waals surface area contributed by atoms with Gasteiger partial charge in [0.1, 0.15) is 11.4 Å². The first-order valence-electron chi connectivity index (χ1n) is 7.94. The predicted molar refractivity (Wildman–Crippen MR) is 91.7 cm³/mol. The van der Waals surface area contributed by atoms with E-state index in [1.54, 1.807) is 7.11 Å². The van der Waals surface area contributed by atoms with Crippen LogP contribution in [0.15, 0.2) is 48.5 Å². The second-order valence-corrected chi connectivity index (χ2v) is 5.93. The fraction of sp³-hybridized carbons (Fsp3) is 0.316. The van der Waals surface area contributed by atoms with E-state index in [4.69, 9.17) is 4.74 Å². The summed E-state index contributed by atoms with van der Waals surface area (Å²) in [5.41, 5.74) is 2.07. The molecule has 23 heavy (non-hydrogen) atoms. The number of nitrogens with zero attached hydrogens (tertiary/aromatic N) is 1. The number of carbonyl (C=O) groups excluding carboxylic acids is 1. The Balaban J connectivity index is 2.08. The van der Waals surface area contributed by atoms with Crippen molar-refractivity contribution in [3.63, 3.8) is 0 Å². The number of carbonyl (C=O) groups is 1. The number of nitrogens with one attached hydrogen (secondary N) is 1. The average molecular weight is 310 g/mol. The lowest BCUT2D eigenvalue weighted by molar-refractivity contribution is 0.0535. The summed E-state index contributed by atoms with van der Waals surface area (Å²) < 4.78 is 5.24. The number of amides is 1. The first-order chi connectivity index (χ1) is 11.1. The van der Waals surface area contributed by atoms with E-state index >= 15 is 0 Å². The molecule has 0 bridgehead atoms. The first-order valence-corrected chi connectivity index (χ1v) is 7.94. The van der Waals surface area contributed by atoms with Gasteiger partial charge in [0.2, 0.25) is 0 Å². The fourth-order valence-electron chi connectivity index (χ4n) is 3.15. The van der Waals surface area contributed by atoms with Crippen molar-refractivity contribution >= 4 is 11.6 Å². The van der Waals surface area contributed by atoms with Gasteiger partial charge in [-0.3, -0.25) is 4.79 Å². The fourth-order valence-corrected chi connectivity index (χ4v) is 3.15. The summed E-state index contributed by atoms with van der Waals surface area (Å²) in [6.45, 7) is 4.84. The molecule has 0 spiro atoms. The zero-order valence-electron chi connectivity index (χ0n) is 13.8. The van der Waals surface area contributed by atoms with Crippen molar-refractivity contribution in [3.05, 3.63) is 59.7 Å². The Morgan fingerprint density at radius 3 is 2.48 bits per heavy atom. The van der Waals surface area contributed by atoms with Crippen molar-refractivity contribution in [2.75, 3.05) is 19.0 Å². The van der Waals surface area contributed by atoms with Crippen LogP contribution in [0, 0.1) is 0 Å². The highest BCUT2D eigenvalue weighted by molar-refractivity contribution is 6.02. The van der Waals surface area contributed by atoms with Gasteiger partial charge in [-0.25, -0.2) is 0 Å². The number of hydrogen-bond donors (Lipinski definition) is 1. The second-order valence-electron chi connectivity index (χ2n) is 5.93. The minimum absolute atomic E-state index is 0.0690. The van der Waals surface area contributed by atoms with E-state index in [1.807, 2.05) is 53.4 Å². The van der Waals surface area contributed by atoms with E-state index in [2.05, 4.69) is 19.2 Å². The van der Waals surface area contributed by atoms with Gasteiger partial charge in [0, 0.05) is 12.2 Å². The standard InChI is InChI=1S/C19H22N2O2/c1-4-13-21-18(22)16-7-5-6-8-17(16)20-19(21,2)14-9-11-15(23-3)12-10-14/h5-12,20H,4,13H2,1-3H3. The minimum atomic E-state index is -0.576. The lowest BCUT2D eigenvalue weighted by Crippen LogP contribution is -2.56. The molecule has 4 nitrogen and oxygen atoms in total. The smallest absolute Gasteiger partial charge is 0.258 e. The molecule has 1 aliphatic heterocycles. The quantitative estimate of drug-likeness (QED) is 0.932. The molecule has 0 fully saturated rings. The Hall–Kier alpha value is -2.49. The van der Waals surface area contributed by atoms with Crippen molar-refractivity contribution in [3.8, 4) is 5.75 Å². The first kappa shape index (κ1) is 15.4. The van der Waals surface area contributed by atoms with Crippen molar-refractivity contribution < 1.29 is 9.53 Å². The van der Waals surface area contributed by atoms with Crippen LogP contribution in [-0.4, -0.2) is 24.5 Å². The van der Waals surface area contributed by atoms with Crippen LogP contribution >= 0.6 is 0 Å². The molecule has 0 aliphatic carbocycles. The number of ether oxygens (including phenoxy) is 1. The predicted octanol–water partition coefficient (Wildman–Crippen LogP) is 3.85. The molecule has 4 heteroatoms.